The van der Waals surface area contributed by atoms with Gasteiger partial charge in [-0.05, 0) is 25.8 Å². The predicted octanol–water partition coefficient (Wildman–Crippen LogP) is 1.41. The third-order valence-electron chi connectivity index (χ3n) is 2.41. The SMILES string of the molecule is CCCCNC(=O)N(CC)CC(C)CN. The molecule has 15 heavy (non-hydrogen) atoms. The molecule has 0 aliphatic rings. The minimum Gasteiger partial charge on any atom is -0.338 e. The van der Waals surface area contributed by atoms with E-state index in [2.05, 4.69) is 19.2 Å². The number of hydrogen-bond acceptors (Lipinski definition) is 2. The van der Waals surface area contributed by atoms with Crippen LogP contribution in [0, 0.1) is 5.92 Å². The summed E-state index contributed by atoms with van der Waals surface area (Å²) in [5.74, 6) is 0.363. The molecule has 1 unspecified atom stereocenters. The van der Waals surface area contributed by atoms with E-state index in [-0.39, 0.29) is 6.03 Å². The fourth-order valence-corrected chi connectivity index (χ4v) is 1.29. The largest absolute Gasteiger partial charge is 0.338 e. The van der Waals surface area contributed by atoms with Crippen molar-refractivity contribution in [3.8, 4) is 0 Å². The summed E-state index contributed by atoms with van der Waals surface area (Å²) in [7, 11) is 0. The van der Waals surface area contributed by atoms with Crippen LogP contribution in [-0.2, 0) is 0 Å². The second kappa shape index (κ2) is 8.53. The van der Waals surface area contributed by atoms with Gasteiger partial charge in [-0.2, -0.15) is 0 Å². The van der Waals surface area contributed by atoms with Gasteiger partial charge in [0.1, 0.15) is 0 Å². The highest BCUT2D eigenvalue weighted by Crippen LogP contribution is 1.98. The van der Waals surface area contributed by atoms with E-state index in [0.29, 0.717) is 12.5 Å². The first-order valence-electron chi connectivity index (χ1n) is 5.88. The maximum atomic E-state index is 11.7. The van der Waals surface area contributed by atoms with Crippen molar-refractivity contribution in [2.75, 3.05) is 26.2 Å². The van der Waals surface area contributed by atoms with Crippen molar-refractivity contribution in [3.05, 3.63) is 0 Å². The van der Waals surface area contributed by atoms with Crippen molar-refractivity contribution in [3.63, 3.8) is 0 Å². The summed E-state index contributed by atoms with van der Waals surface area (Å²) in [5.41, 5.74) is 5.54. The van der Waals surface area contributed by atoms with E-state index in [1.54, 1.807) is 0 Å². The molecule has 0 aliphatic heterocycles. The first-order chi connectivity index (χ1) is 7.15. The minimum absolute atomic E-state index is 0.0336. The molecule has 0 saturated carbocycles. The first kappa shape index (κ1) is 14.2. The highest BCUT2D eigenvalue weighted by molar-refractivity contribution is 5.74. The molecule has 0 bridgehead atoms. The number of unbranched alkanes of at least 4 members (excludes halogenated alkanes) is 1. The van der Waals surface area contributed by atoms with Crippen molar-refractivity contribution < 1.29 is 4.79 Å². The van der Waals surface area contributed by atoms with Crippen molar-refractivity contribution in [1.82, 2.24) is 10.2 Å². The number of carbonyl (C=O) groups excluding carboxylic acids is 1. The maximum Gasteiger partial charge on any atom is 0.317 e. The van der Waals surface area contributed by atoms with Gasteiger partial charge in [0.2, 0.25) is 0 Å². The van der Waals surface area contributed by atoms with Crippen LogP contribution in [0.5, 0.6) is 0 Å². The van der Waals surface area contributed by atoms with Crippen LogP contribution in [0.4, 0.5) is 4.79 Å². The second-order valence-corrected chi connectivity index (χ2v) is 3.96. The molecular formula is C11H25N3O. The van der Waals surface area contributed by atoms with E-state index >= 15 is 0 Å². The van der Waals surface area contributed by atoms with Crippen LogP contribution in [0.25, 0.3) is 0 Å². The Balaban J connectivity index is 3.88. The van der Waals surface area contributed by atoms with Crippen LogP contribution in [0.2, 0.25) is 0 Å². The molecule has 1 atom stereocenters. The molecule has 90 valence electrons. The quantitative estimate of drug-likeness (QED) is 0.631. The number of carbonyl (C=O) groups is 1. The molecule has 0 saturated heterocycles. The number of hydrogen-bond donors (Lipinski definition) is 2. The number of amides is 2. The fourth-order valence-electron chi connectivity index (χ4n) is 1.29. The Hall–Kier alpha value is -0.770. The highest BCUT2D eigenvalue weighted by Gasteiger charge is 2.12. The summed E-state index contributed by atoms with van der Waals surface area (Å²) < 4.78 is 0. The lowest BCUT2D eigenvalue weighted by Crippen LogP contribution is -2.43. The predicted molar refractivity (Wildman–Crippen MR) is 63.8 cm³/mol. The minimum atomic E-state index is 0.0336. The zero-order chi connectivity index (χ0) is 11.7. The van der Waals surface area contributed by atoms with Gasteiger partial charge in [0.25, 0.3) is 0 Å². The van der Waals surface area contributed by atoms with Gasteiger partial charge in [0, 0.05) is 19.6 Å². The molecular weight excluding hydrogens is 190 g/mol. The lowest BCUT2D eigenvalue weighted by atomic mass is 10.2. The zero-order valence-corrected chi connectivity index (χ0v) is 10.3. The summed E-state index contributed by atoms with van der Waals surface area (Å²) in [6, 6.07) is 0.0336. The van der Waals surface area contributed by atoms with E-state index in [9.17, 15) is 4.79 Å². The molecule has 0 aromatic heterocycles. The van der Waals surface area contributed by atoms with Crippen LogP contribution < -0.4 is 11.1 Å². The number of nitrogens with one attached hydrogen (secondary N) is 1. The number of nitrogens with zero attached hydrogens (tertiary/aromatic N) is 1. The number of nitrogens with two attached hydrogens (primary N) is 1. The standard InChI is InChI=1S/C11H25N3O/c1-4-6-7-13-11(15)14(5-2)9-10(3)8-12/h10H,4-9,12H2,1-3H3,(H,13,15). The smallest absolute Gasteiger partial charge is 0.317 e. The summed E-state index contributed by atoms with van der Waals surface area (Å²) in [6.07, 6.45) is 2.14. The average molecular weight is 215 g/mol. The summed E-state index contributed by atoms with van der Waals surface area (Å²) in [5, 5.41) is 2.91. The average Bonchev–Trinajstić information content (AvgIpc) is 2.25. The first-order valence-corrected chi connectivity index (χ1v) is 5.88. The van der Waals surface area contributed by atoms with Gasteiger partial charge in [-0.3, -0.25) is 0 Å². The lowest BCUT2D eigenvalue weighted by molar-refractivity contribution is 0.193. The van der Waals surface area contributed by atoms with Crippen molar-refractivity contribution >= 4 is 6.03 Å². The molecule has 0 aromatic rings. The molecule has 3 N–H and O–H groups in total. The van der Waals surface area contributed by atoms with Crippen LogP contribution in [0.15, 0.2) is 0 Å². The Morgan fingerprint density at radius 1 is 1.47 bits per heavy atom. The fraction of sp³-hybridized carbons (Fsp3) is 0.909. The summed E-state index contributed by atoms with van der Waals surface area (Å²) in [6.45, 7) is 9.03. The van der Waals surface area contributed by atoms with Crippen LogP contribution in [0.1, 0.15) is 33.6 Å². The van der Waals surface area contributed by atoms with Crippen molar-refractivity contribution in [2.24, 2.45) is 11.7 Å². The van der Waals surface area contributed by atoms with Gasteiger partial charge in [0.05, 0.1) is 0 Å². The molecule has 0 aromatic carbocycles. The molecule has 0 fully saturated rings. The van der Waals surface area contributed by atoms with E-state index in [1.165, 1.54) is 0 Å². The Labute approximate surface area is 93.2 Å². The van der Waals surface area contributed by atoms with Gasteiger partial charge >= 0.3 is 6.03 Å². The van der Waals surface area contributed by atoms with Gasteiger partial charge < -0.3 is 16.0 Å². The molecule has 2 amide bonds. The molecule has 0 heterocycles. The molecule has 0 rings (SSSR count). The van der Waals surface area contributed by atoms with E-state index in [0.717, 1.165) is 32.5 Å². The Morgan fingerprint density at radius 3 is 2.60 bits per heavy atom. The Bertz CT molecular complexity index is 173. The molecule has 0 spiro atoms. The van der Waals surface area contributed by atoms with Gasteiger partial charge in [-0.25, -0.2) is 4.79 Å². The maximum absolute atomic E-state index is 11.7. The Kier molecular flexibility index (Phi) is 8.09. The third kappa shape index (κ3) is 6.33. The topological polar surface area (TPSA) is 58.4 Å². The number of rotatable bonds is 7. The van der Waals surface area contributed by atoms with E-state index in [1.807, 2.05) is 11.8 Å². The Morgan fingerprint density at radius 2 is 2.13 bits per heavy atom. The number of urea groups is 1. The van der Waals surface area contributed by atoms with Crippen molar-refractivity contribution in [1.29, 1.82) is 0 Å². The van der Waals surface area contributed by atoms with Crippen LogP contribution in [-0.4, -0.2) is 37.1 Å². The zero-order valence-electron chi connectivity index (χ0n) is 10.3. The van der Waals surface area contributed by atoms with Crippen LogP contribution >= 0.6 is 0 Å². The van der Waals surface area contributed by atoms with Gasteiger partial charge in [-0.15, -0.1) is 0 Å². The summed E-state index contributed by atoms with van der Waals surface area (Å²) in [4.78, 5) is 13.5. The lowest BCUT2D eigenvalue weighted by Gasteiger charge is -2.24. The molecule has 0 radical (unpaired) electrons. The summed E-state index contributed by atoms with van der Waals surface area (Å²) >= 11 is 0. The highest BCUT2D eigenvalue weighted by atomic mass is 16.2. The van der Waals surface area contributed by atoms with Crippen LogP contribution in [0.3, 0.4) is 0 Å². The van der Waals surface area contributed by atoms with Gasteiger partial charge in [-0.1, -0.05) is 20.3 Å². The van der Waals surface area contributed by atoms with E-state index in [4.69, 9.17) is 5.73 Å². The van der Waals surface area contributed by atoms with Crippen molar-refractivity contribution in [2.45, 2.75) is 33.6 Å². The van der Waals surface area contributed by atoms with E-state index < -0.39 is 0 Å². The molecule has 4 nitrogen and oxygen atoms in total. The molecule has 0 aliphatic carbocycles. The molecule has 4 heteroatoms. The third-order valence-corrected chi connectivity index (χ3v) is 2.41. The second-order valence-electron chi connectivity index (χ2n) is 3.96. The monoisotopic (exact) mass is 215 g/mol. The normalized spacial score (nSPS) is 12.3. The van der Waals surface area contributed by atoms with Gasteiger partial charge in [0.15, 0.2) is 0 Å².